The molecule has 0 aliphatic carbocycles. The molecular weight excluding hydrogens is 383 g/mol. The van der Waals surface area contributed by atoms with E-state index in [0.717, 1.165) is 42.7 Å². The van der Waals surface area contributed by atoms with E-state index in [1.165, 1.54) is 12.8 Å². The Morgan fingerprint density at radius 2 is 2.15 bits per heavy atom. The van der Waals surface area contributed by atoms with Crippen molar-refractivity contribution in [3.8, 4) is 0 Å². The fourth-order valence-corrected chi connectivity index (χ4v) is 2.42. The highest BCUT2D eigenvalue weighted by Gasteiger charge is 2.08. The fraction of sp³-hybridized carbons (Fsp3) is 0.714. The molecule has 1 N–H and O–H groups in total. The maximum absolute atomic E-state index is 4.66. The second kappa shape index (κ2) is 11.3. The minimum absolute atomic E-state index is 0. The van der Waals surface area contributed by atoms with Crippen LogP contribution in [0, 0.1) is 6.92 Å². The van der Waals surface area contributed by atoms with Crippen molar-refractivity contribution in [3.63, 3.8) is 0 Å². The van der Waals surface area contributed by atoms with Gasteiger partial charge in [-0.1, -0.05) is 19.8 Å². The van der Waals surface area contributed by atoms with Gasteiger partial charge in [0.05, 0.1) is 17.2 Å². The largest absolute Gasteiger partial charge is 0.357 e. The molecule has 0 aliphatic heterocycles. The molecule has 0 amide bonds. The second-order valence-corrected chi connectivity index (χ2v) is 5.72. The average molecular weight is 410 g/mol. The molecule has 116 valence electrons. The van der Waals surface area contributed by atoms with Gasteiger partial charge in [0.1, 0.15) is 0 Å². The number of guanidine groups is 1. The van der Waals surface area contributed by atoms with Crippen molar-refractivity contribution in [2.45, 2.75) is 46.6 Å². The second-order valence-electron chi connectivity index (χ2n) is 4.66. The van der Waals surface area contributed by atoms with Crippen LogP contribution in [0.1, 0.15) is 43.8 Å². The Bertz CT molecular complexity index is 392. The Balaban J connectivity index is 0.00000361. The first kappa shape index (κ1) is 19.6. The van der Waals surface area contributed by atoms with E-state index in [1.807, 2.05) is 6.92 Å². The Morgan fingerprint density at radius 1 is 1.40 bits per heavy atom. The fourth-order valence-electron chi connectivity index (χ4n) is 1.82. The van der Waals surface area contributed by atoms with Crippen LogP contribution in [0.25, 0.3) is 0 Å². The topological polar surface area (TPSA) is 40.5 Å². The van der Waals surface area contributed by atoms with Gasteiger partial charge in [0.25, 0.3) is 0 Å². The van der Waals surface area contributed by atoms with E-state index in [4.69, 9.17) is 0 Å². The number of nitrogens with one attached hydrogen (secondary N) is 1. The third kappa shape index (κ3) is 7.42. The molecule has 1 aromatic rings. The van der Waals surface area contributed by atoms with Crippen LogP contribution in [0.3, 0.4) is 0 Å². The van der Waals surface area contributed by atoms with Crippen LogP contribution in [-0.4, -0.2) is 36.0 Å². The highest BCUT2D eigenvalue weighted by atomic mass is 127. The van der Waals surface area contributed by atoms with Crippen molar-refractivity contribution in [1.82, 2.24) is 15.2 Å². The summed E-state index contributed by atoms with van der Waals surface area (Å²) in [5.74, 6) is 0.976. The summed E-state index contributed by atoms with van der Waals surface area (Å²) in [7, 11) is 2.07. The van der Waals surface area contributed by atoms with E-state index in [2.05, 4.69) is 46.5 Å². The number of halogens is 1. The van der Waals surface area contributed by atoms with Gasteiger partial charge in [0.2, 0.25) is 0 Å². The number of hydrogen-bond acceptors (Lipinski definition) is 3. The maximum atomic E-state index is 4.66. The first-order chi connectivity index (χ1) is 9.17. The first-order valence-corrected chi connectivity index (χ1v) is 7.95. The smallest absolute Gasteiger partial charge is 0.194 e. The molecule has 1 aromatic heterocycles. The summed E-state index contributed by atoms with van der Waals surface area (Å²) in [5.41, 5.74) is 1.11. The van der Waals surface area contributed by atoms with E-state index in [0.29, 0.717) is 0 Å². The number of aryl methyl sites for hydroxylation is 1. The molecule has 0 aromatic carbocycles. The molecule has 6 heteroatoms. The number of aromatic nitrogens is 1. The van der Waals surface area contributed by atoms with Crippen molar-refractivity contribution < 1.29 is 0 Å². The lowest BCUT2D eigenvalue weighted by atomic mass is 10.2. The minimum Gasteiger partial charge on any atom is -0.357 e. The van der Waals surface area contributed by atoms with E-state index in [9.17, 15) is 0 Å². The van der Waals surface area contributed by atoms with Crippen molar-refractivity contribution in [3.05, 3.63) is 16.1 Å². The van der Waals surface area contributed by atoms with Gasteiger partial charge in [0.15, 0.2) is 5.96 Å². The molecule has 0 bridgehead atoms. The molecule has 1 rings (SSSR count). The number of rotatable bonds is 7. The van der Waals surface area contributed by atoms with Gasteiger partial charge in [-0.3, -0.25) is 4.99 Å². The molecule has 0 unspecified atom stereocenters. The van der Waals surface area contributed by atoms with Crippen LogP contribution < -0.4 is 5.32 Å². The predicted molar refractivity (Wildman–Crippen MR) is 99.2 cm³/mol. The lowest BCUT2D eigenvalue weighted by Crippen LogP contribution is -2.38. The minimum atomic E-state index is 0. The van der Waals surface area contributed by atoms with Gasteiger partial charge in [-0.15, -0.1) is 35.3 Å². The van der Waals surface area contributed by atoms with Crippen LogP contribution in [0.4, 0.5) is 0 Å². The van der Waals surface area contributed by atoms with Crippen LogP contribution in [0.2, 0.25) is 0 Å². The molecule has 0 spiro atoms. The van der Waals surface area contributed by atoms with E-state index >= 15 is 0 Å². The molecule has 0 saturated heterocycles. The summed E-state index contributed by atoms with van der Waals surface area (Å²) in [6.07, 6.45) is 3.65. The number of unbranched alkanes of at least 4 members (excludes halogenated alkanes) is 2. The van der Waals surface area contributed by atoms with E-state index in [-0.39, 0.29) is 24.0 Å². The van der Waals surface area contributed by atoms with Gasteiger partial charge in [0, 0.05) is 25.5 Å². The molecular formula is C14H27IN4S. The molecule has 0 saturated carbocycles. The monoisotopic (exact) mass is 410 g/mol. The normalized spacial score (nSPS) is 11.1. The zero-order valence-electron chi connectivity index (χ0n) is 13.0. The van der Waals surface area contributed by atoms with Crippen molar-refractivity contribution in [2.75, 3.05) is 20.1 Å². The number of thiazole rings is 1. The molecule has 0 fully saturated rings. The predicted octanol–water partition coefficient (Wildman–Crippen LogP) is 3.66. The van der Waals surface area contributed by atoms with Crippen LogP contribution in [0.15, 0.2) is 10.4 Å². The van der Waals surface area contributed by atoms with Gasteiger partial charge in [-0.2, -0.15) is 0 Å². The first-order valence-electron chi connectivity index (χ1n) is 7.07. The van der Waals surface area contributed by atoms with Gasteiger partial charge in [-0.05, 0) is 20.3 Å². The standard InChI is InChI=1S/C14H26N4S.HI/c1-5-7-8-9-16-14(15-6-2)18(4)10-13-11-19-12(3)17-13;/h11H,5-10H2,1-4H3,(H,15,16);1H. The summed E-state index contributed by atoms with van der Waals surface area (Å²) in [6.45, 7) is 8.96. The van der Waals surface area contributed by atoms with E-state index in [1.54, 1.807) is 11.3 Å². The van der Waals surface area contributed by atoms with Crippen molar-refractivity contribution in [2.24, 2.45) is 4.99 Å². The lowest BCUT2D eigenvalue weighted by Gasteiger charge is -2.21. The molecule has 0 atom stereocenters. The van der Waals surface area contributed by atoms with Gasteiger partial charge in [-0.25, -0.2) is 4.98 Å². The van der Waals surface area contributed by atoms with E-state index < -0.39 is 0 Å². The quantitative estimate of drug-likeness (QED) is 0.323. The zero-order chi connectivity index (χ0) is 14.1. The zero-order valence-corrected chi connectivity index (χ0v) is 16.1. The Hall–Kier alpha value is -0.370. The molecule has 4 nitrogen and oxygen atoms in total. The van der Waals surface area contributed by atoms with Crippen LogP contribution >= 0.6 is 35.3 Å². The molecule has 0 radical (unpaired) electrons. The Morgan fingerprint density at radius 3 is 2.70 bits per heavy atom. The maximum Gasteiger partial charge on any atom is 0.194 e. The average Bonchev–Trinajstić information content (AvgIpc) is 2.78. The third-order valence-corrected chi connectivity index (χ3v) is 3.61. The number of aliphatic imine (C=N–C) groups is 1. The number of hydrogen-bond donors (Lipinski definition) is 1. The van der Waals surface area contributed by atoms with Crippen LogP contribution in [-0.2, 0) is 6.54 Å². The SMILES string of the molecule is CCCCCN=C(NCC)N(C)Cc1csc(C)n1.I. The summed E-state index contributed by atoms with van der Waals surface area (Å²) in [4.78, 5) is 11.3. The van der Waals surface area contributed by atoms with Crippen LogP contribution in [0.5, 0.6) is 0 Å². The Kier molecular flexibility index (Phi) is 11.1. The molecule has 1 heterocycles. The summed E-state index contributed by atoms with van der Waals surface area (Å²) >= 11 is 1.70. The van der Waals surface area contributed by atoms with Gasteiger partial charge < -0.3 is 10.2 Å². The van der Waals surface area contributed by atoms with Crippen molar-refractivity contribution >= 4 is 41.3 Å². The van der Waals surface area contributed by atoms with Crippen molar-refractivity contribution in [1.29, 1.82) is 0 Å². The Labute approximate surface area is 144 Å². The summed E-state index contributed by atoms with van der Waals surface area (Å²) < 4.78 is 0. The highest BCUT2D eigenvalue weighted by Crippen LogP contribution is 2.09. The molecule has 0 aliphatic rings. The third-order valence-electron chi connectivity index (χ3n) is 2.79. The molecule has 20 heavy (non-hydrogen) atoms. The number of nitrogens with zero attached hydrogens (tertiary/aromatic N) is 3. The summed E-state index contributed by atoms with van der Waals surface area (Å²) in [5, 5.41) is 6.57. The highest BCUT2D eigenvalue weighted by molar-refractivity contribution is 14.0. The summed E-state index contributed by atoms with van der Waals surface area (Å²) in [6, 6.07) is 0. The lowest BCUT2D eigenvalue weighted by molar-refractivity contribution is 0.470. The van der Waals surface area contributed by atoms with Gasteiger partial charge >= 0.3 is 0 Å².